The molecule has 3 fully saturated rings. The summed E-state index contributed by atoms with van der Waals surface area (Å²) in [4.78, 5) is 6.80. The maximum atomic E-state index is 13.4. The number of hydrogen-bond acceptors (Lipinski definition) is 7. The number of nitrogens with zero attached hydrogens (tertiary/aromatic N) is 3. The van der Waals surface area contributed by atoms with Gasteiger partial charge in [-0.25, -0.2) is 4.39 Å². The normalized spacial score (nSPS) is 30.8. The summed E-state index contributed by atoms with van der Waals surface area (Å²) >= 11 is 0. The number of halogens is 1. The lowest BCUT2D eigenvalue weighted by Gasteiger charge is -2.28. The van der Waals surface area contributed by atoms with Gasteiger partial charge in [-0.05, 0) is 116 Å². The van der Waals surface area contributed by atoms with Gasteiger partial charge in [-0.1, -0.05) is 0 Å². The van der Waals surface area contributed by atoms with Gasteiger partial charge in [-0.3, -0.25) is 9.80 Å². The van der Waals surface area contributed by atoms with E-state index in [0.717, 1.165) is 19.5 Å². The Bertz CT molecular complexity index is 631. The molecule has 0 bridgehead atoms. The lowest BCUT2D eigenvalue weighted by atomic mass is 10.1. The summed E-state index contributed by atoms with van der Waals surface area (Å²) in [5.41, 5.74) is 0. The van der Waals surface area contributed by atoms with Crippen molar-refractivity contribution in [2.24, 2.45) is 0 Å². The largest absolute Gasteiger partial charge is 0.380 e. The first-order chi connectivity index (χ1) is 18.2. The van der Waals surface area contributed by atoms with Gasteiger partial charge in [-0.15, -0.1) is 0 Å². The summed E-state index contributed by atoms with van der Waals surface area (Å²) in [7, 11) is 8.08. The molecule has 3 aliphatic rings. The van der Waals surface area contributed by atoms with Gasteiger partial charge >= 0.3 is 0 Å². The minimum absolute atomic E-state index is 0.0116. The molecule has 39 heavy (non-hydrogen) atoms. The molecule has 7 nitrogen and oxygen atoms in total. The van der Waals surface area contributed by atoms with E-state index in [4.69, 9.17) is 18.9 Å². The number of ether oxygens (including phenoxy) is 4. The summed E-state index contributed by atoms with van der Waals surface area (Å²) in [6.45, 7) is 21.7. The molecule has 0 spiro atoms. The van der Waals surface area contributed by atoms with Gasteiger partial charge in [0.05, 0.1) is 48.8 Å². The molecule has 0 aromatic carbocycles. The molecule has 0 radical (unpaired) electrons. The summed E-state index contributed by atoms with van der Waals surface area (Å²) in [5, 5.41) is 0. The zero-order valence-electron chi connectivity index (χ0n) is 27.7. The van der Waals surface area contributed by atoms with Crippen LogP contribution in [0.4, 0.5) is 4.39 Å². The van der Waals surface area contributed by atoms with Gasteiger partial charge in [-0.2, -0.15) is 0 Å². The lowest BCUT2D eigenvalue weighted by molar-refractivity contribution is -0.0339. The van der Waals surface area contributed by atoms with Crippen LogP contribution in [0.3, 0.4) is 0 Å². The molecule has 3 rings (SSSR count). The SMILES string of the molecule is CC(C)O[C@@H](C)C1C(F)CCN1C.CC(C)O[C@@H](C)C1CCCN1C.COC1CC([C@H](C)OC(C)C)N(C)C1. The molecule has 3 saturated heterocycles. The number of likely N-dealkylation sites (tertiary alicyclic amines) is 3. The fourth-order valence-electron chi connectivity index (χ4n) is 6.36. The fraction of sp³-hybridized carbons (Fsp3) is 1.00. The Morgan fingerprint density at radius 1 is 0.641 bits per heavy atom. The first-order valence-corrected chi connectivity index (χ1v) is 15.4. The Balaban J connectivity index is 0.000000293. The molecular formula is C31H64FN3O4. The number of rotatable bonds is 10. The van der Waals surface area contributed by atoms with E-state index in [9.17, 15) is 4.39 Å². The molecule has 0 amide bonds. The summed E-state index contributed by atoms with van der Waals surface area (Å²) in [5.74, 6) is 0. The Labute approximate surface area is 241 Å². The summed E-state index contributed by atoms with van der Waals surface area (Å²) < 4.78 is 35.9. The van der Waals surface area contributed by atoms with Crippen LogP contribution in [0.15, 0.2) is 0 Å². The maximum Gasteiger partial charge on any atom is 0.119 e. The van der Waals surface area contributed by atoms with Gasteiger partial charge in [0.1, 0.15) is 6.17 Å². The molecule has 3 aliphatic heterocycles. The molecule has 0 aliphatic carbocycles. The van der Waals surface area contributed by atoms with Crippen LogP contribution < -0.4 is 0 Å². The predicted molar refractivity (Wildman–Crippen MR) is 160 cm³/mol. The Hall–Kier alpha value is -0.350. The van der Waals surface area contributed by atoms with E-state index in [2.05, 4.69) is 70.3 Å². The molecule has 234 valence electrons. The number of alkyl halides is 1. The van der Waals surface area contributed by atoms with Crippen molar-refractivity contribution in [2.75, 3.05) is 47.9 Å². The average Bonchev–Trinajstić information content (AvgIpc) is 3.51. The van der Waals surface area contributed by atoms with E-state index < -0.39 is 6.17 Å². The summed E-state index contributed by atoms with van der Waals surface area (Å²) in [6, 6.07) is 1.09. The third-order valence-electron chi connectivity index (χ3n) is 8.13. The zero-order valence-corrected chi connectivity index (χ0v) is 27.7. The van der Waals surface area contributed by atoms with Crippen LogP contribution in [0.2, 0.25) is 0 Å². The highest BCUT2D eigenvalue weighted by atomic mass is 19.1. The van der Waals surface area contributed by atoms with Gasteiger partial charge in [0.15, 0.2) is 0 Å². The molecule has 0 aromatic rings. The van der Waals surface area contributed by atoms with E-state index in [1.165, 1.54) is 19.4 Å². The first-order valence-electron chi connectivity index (χ1n) is 15.4. The van der Waals surface area contributed by atoms with Crippen molar-refractivity contribution in [3.63, 3.8) is 0 Å². The lowest BCUT2D eigenvalue weighted by Crippen LogP contribution is -2.42. The van der Waals surface area contributed by atoms with Crippen LogP contribution >= 0.6 is 0 Å². The highest BCUT2D eigenvalue weighted by Crippen LogP contribution is 2.25. The van der Waals surface area contributed by atoms with E-state index >= 15 is 0 Å². The molecular weight excluding hydrogens is 497 g/mol. The van der Waals surface area contributed by atoms with Crippen LogP contribution in [0.1, 0.15) is 88.0 Å². The van der Waals surface area contributed by atoms with Gasteiger partial charge in [0.25, 0.3) is 0 Å². The van der Waals surface area contributed by atoms with E-state index in [1.807, 2.05) is 27.8 Å². The second kappa shape index (κ2) is 18.2. The van der Waals surface area contributed by atoms with Crippen LogP contribution in [0.5, 0.6) is 0 Å². The van der Waals surface area contributed by atoms with Crippen molar-refractivity contribution >= 4 is 0 Å². The highest BCUT2D eigenvalue weighted by Gasteiger charge is 2.37. The van der Waals surface area contributed by atoms with Crippen LogP contribution in [0, 0.1) is 0 Å². The maximum absolute atomic E-state index is 13.4. The number of hydrogen-bond donors (Lipinski definition) is 0. The minimum atomic E-state index is -0.723. The zero-order chi connectivity index (χ0) is 29.9. The smallest absolute Gasteiger partial charge is 0.119 e. The standard InChI is InChI=1S/C11H23NO2.C10H20FNO.C10H21NO/c1-8(2)14-9(3)11-6-10(13-5)7-12(11)4;1-7(2)13-8(3)10-9(11)5-6-12(10)4;1-8(2)12-9(3)10-6-5-7-11(10)4/h8-11H,6-7H2,1-5H3;7-10H,5-6H2,1-4H3;8-10H,5-7H2,1-4H3/t9-,10?,11?;8-,9?,10?;9-,10?/m000/s1. The molecule has 3 heterocycles. The topological polar surface area (TPSA) is 46.6 Å². The van der Waals surface area contributed by atoms with Crippen molar-refractivity contribution < 1.29 is 23.3 Å². The summed E-state index contributed by atoms with van der Waals surface area (Å²) in [6.07, 6.45) is 5.51. The quantitative estimate of drug-likeness (QED) is 0.361. The molecule has 0 saturated carbocycles. The molecule has 0 aromatic heterocycles. The minimum Gasteiger partial charge on any atom is -0.380 e. The Morgan fingerprint density at radius 2 is 1.15 bits per heavy atom. The third kappa shape index (κ3) is 13.0. The van der Waals surface area contributed by atoms with E-state index in [1.54, 1.807) is 7.11 Å². The molecule has 5 unspecified atom stereocenters. The van der Waals surface area contributed by atoms with Gasteiger partial charge in [0, 0.05) is 32.3 Å². The molecule has 8 heteroatoms. The molecule has 8 atom stereocenters. The van der Waals surface area contributed by atoms with Crippen molar-refractivity contribution in [1.82, 2.24) is 14.7 Å². The first kappa shape index (κ1) is 36.7. The van der Waals surface area contributed by atoms with Crippen molar-refractivity contribution in [3.05, 3.63) is 0 Å². The van der Waals surface area contributed by atoms with Gasteiger partial charge < -0.3 is 23.8 Å². The van der Waals surface area contributed by atoms with E-state index in [-0.39, 0.29) is 18.2 Å². The van der Waals surface area contributed by atoms with Crippen LogP contribution in [-0.2, 0) is 18.9 Å². The second-order valence-electron chi connectivity index (χ2n) is 12.7. The third-order valence-corrected chi connectivity index (χ3v) is 8.13. The average molecular weight is 562 g/mol. The number of likely N-dealkylation sites (N-methyl/N-ethyl adjacent to an activating group) is 3. The fourth-order valence-corrected chi connectivity index (χ4v) is 6.36. The molecule has 0 N–H and O–H groups in total. The van der Waals surface area contributed by atoms with Crippen molar-refractivity contribution in [2.45, 2.75) is 155 Å². The number of methoxy groups -OCH3 is 1. The van der Waals surface area contributed by atoms with Crippen LogP contribution in [0.25, 0.3) is 0 Å². The highest BCUT2D eigenvalue weighted by molar-refractivity contribution is 4.90. The second-order valence-corrected chi connectivity index (χ2v) is 12.7. The monoisotopic (exact) mass is 561 g/mol. The Morgan fingerprint density at radius 3 is 1.54 bits per heavy atom. The van der Waals surface area contributed by atoms with Crippen molar-refractivity contribution in [3.8, 4) is 0 Å². The predicted octanol–water partition coefficient (Wildman–Crippen LogP) is 5.26. The Kier molecular flexibility index (Phi) is 17.2. The van der Waals surface area contributed by atoms with Crippen LogP contribution in [-0.4, -0.2) is 130 Å². The van der Waals surface area contributed by atoms with Crippen molar-refractivity contribution in [1.29, 1.82) is 0 Å². The van der Waals surface area contributed by atoms with E-state index in [0.29, 0.717) is 49.0 Å². The van der Waals surface area contributed by atoms with Gasteiger partial charge in [0.2, 0.25) is 0 Å².